The van der Waals surface area contributed by atoms with Crippen molar-refractivity contribution in [2.24, 2.45) is 0 Å². The minimum atomic E-state index is -4.43. The molecule has 4 aromatic rings. The van der Waals surface area contributed by atoms with Gasteiger partial charge >= 0.3 is 6.18 Å². The standard InChI is InChI=1S/C25H24F3N5O3/c1-15(34)32-7-5-18(6-8-32)33-13-17(11-31-33)21-12-30-24(29)23-20(21)10-22(36-23)16-3-2-4-19(9-16)35-14-25(26,27)28/h2-4,9-13,18H,5-8,14H2,1H3,(H2,29,30). The van der Waals surface area contributed by atoms with Gasteiger partial charge in [-0.25, -0.2) is 4.98 Å². The van der Waals surface area contributed by atoms with E-state index in [9.17, 15) is 18.0 Å². The number of alkyl halides is 3. The van der Waals surface area contributed by atoms with E-state index < -0.39 is 12.8 Å². The minimum absolute atomic E-state index is 0.0775. The maximum absolute atomic E-state index is 12.5. The normalized spacial score (nSPS) is 14.9. The number of hydrogen-bond donors (Lipinski definition) is 1. The topological polar surface area (TPSA) is 99.4 Å². The van der Waals surface area contributed by atoms with Crippen LogP contribution in [0.3, 0.4) is 0 Å². The van der Waals surface area contributed by atoms with Crippen LogP contribution in [0.4, 0.5) is 19.0 Å². The smallest absolute Gasteiger partial charge is 0.422 e. The Balaban J connectivity index is 1.43. The van der Waals surface area contributed by atoms with Gasteiger partial charge in [-0.15, -0.1) is 0 Å². The zero-order valence-corrected chi connectivity index (χ0v) is 19.5. The van der Waals surface area contributed by atoms with E-state index in [1.54, 1.807) is 37.5 Å². The van der Waals surface area contributed by atoms with Gasteiger partial charge in [0.15, 0.2) is 18.0 Å². The molecule has 188 valence electrons. The van der Waals surface area contributed by atoms with Crippen molar-refractivity contribution in [1.82, 2.24) is 19.7 Å². The van der Waals surface area contributed by atoms with Crippen molar-refractivity contribution in [1.29, 1.82) is 0 Å². The van der Waals surface area contributed by atoms with Crippen molar-refractivity contribution in [2.45, 2.75) is 32.0 Å². The van der Waals surface area contributed by atoms with Gasteiger partial charge in [0.25, 0.3) is 0 Å². The van der Waals surface area contributed by atoms with Gasteiger partial charge in [0.2, 0.25) is 5.91 Å². The van der Waals surface area contributed by atoms with Crippen LogP contribution in [0.15, 0.2) is 53.3 Å². The largest absolute Gasteiger partial charge is 0.484 e. The van der Waals surface area contributed by atoms with Crippen molar-refractivity contribution >= 4 is 22.7 Å². The Kier molecular flexibility index (Phi) is 6.07. The number of ether oxygens (including phenoxy) is 1. The molecule has 1 amide bonds. The molecule has 0 spiro atoms. The summed E-state index contributed by atoms with van der Waals surface area (Å²) in [7, 11) is 0. The monoisotopic (exact) mass is 499 g/mol. The summed E-state index contributed by atoms with van der Waals surface area (Å²) in [5.74, 6) is 0.785. The SMILES string of the molecule is CC(=O)N1CCC(n2cc(-c3cnc(N)c4oc(-c5cccc(OCC(F)(F)F)c5)cc34)cn2)CC1. The number of carbonyl (C=O) groups excluding carboxylic acids is 1. The molecule has 3 aromatic heterocycles. The molecule has 0 aliphatic carbocycles. The zero-order chi connectivity index (χ0) is 25.4. The molecule has 1 aromatic carbocycles. The summed E-state index contributed by atoms with van der Waals surface area (Å²) in [5, 5.41) is 5.26. The third-order valence-corrected chi connectivity index (χ3v) is 6.31. The number of nitrogens with two attached hydrogens (primary N) is 1. The summed E-state index contributed by atoms with van der Waals surface area (Å²) in [6.45, 7) is 1.59. The first-order valence-corrected chi connectivity index (χ1v) is 11.5. The van der Waals surface area contributed by atoms with Crippen LogP contribution in [0.25, 0.3) is 33.4 Å². The van der Waals surface area contributed by atoms with Crippen LogP contribution in [0.5, 0.6) is 5.75 Å². The summed E-state index contributed by atoms with van der Waals surface area (Å²) < 4.78 is 50.4. The fraction of sp³-hybridized carbons (Fsp3) is 0.320. The van der Waals surface area contributed by atoms with E-state index in [1.807, 2.05) is 15.8 Å². The third-order valence-electron chi connectivity index (χ3n) is 6.31. The predicted octanol–water partition coefficient (Wildman–Crippen LogP) is 5.07. The van der Waals surface area contributed by atoms with Gasteiger partial charge in [0.05, 0.1) is 12.2 Å². The summed E-state index contributed by atoms with van der Waals surface area (Å²) in [6, 6.07) is 8.22. The fourth-order valence-electron chi connectivity index (χ4n) is 4.44. The van der Waals surface area contributed by atoms with Crippen LogP contribution >= 0.6 is 0 Å². The van der Waals surface area contributed by atoms with Crippen LogP contribution in [-0.2, 0) is 4.79 Å². The average molecular weight is 499 g/mol. The second kappa shape index (κ2) is 9.21. The molecule has 0 radical (unpaired) electrons. The number of aromatic nitrogens is 3. The lowest BCUT2D eigenvalue weighted by molar-refractivity contribution is -0.153. The number of furan rings is 1. The zero-order valence-electron chi connectivity index (χ0n) is 19.5. The number of fused-ring (bicyclic) bond motifs is 1. The van der Waals surface area contributed by atoms with E-state index in [1.165, 1.54) is 12.1 Å². The van der Waals surface area contributed by atoms with Crippen molar-refractivity contribution in [3.05, 3.63) is 48.9 Å². The van der Waals surface area contributed by atoms with Gasteiger partial charge in [-0.2, -0.15) is 18.3 Å². The number of amides is 1. The number of anilines is 1. The quantitative estimate of drug-likeness (QED) is 0.412. The highest BCUT2D eigenvalue weighted by Crippen LogP contribution is 2.37. The van der Waals surface area contributed by atoms with Crippen molar-refractivity contribution < 1.29 is 27.1 Å². The molecule has 36 heavy (non-hydrogen) atoms. The molecule has 1 aliphatic rings. The van der Waals surface area contributed by atoms with Gasteiger partial charge in [-0.05, 0) is 31.0 Å². The lowest BCUT2D eigenvalue weighted by atomic mass is 10.0. The maximum atomic E-state index is 12.5. The Hall–Kier alpha value is -4.02. The number of hydrogen-bond acceptors (Lipinski definition) is 6. The van der Waals surface area contributed by atoms with Gasteiger partial charge < -0.3 is 19.8 Å². The van der Waals surface area contributed by atoms with E-state index in [4.69, 9.17) is 14.9 Å². The number of likely N-dealkylation sites (tertiary alicyclic amines) is 1. The first-order valence-electron chi connectivity index (χ1n) is 11.5. The predicted molar refractivity (Wildman–Crippen MR) is 127 cm³/mol. The molecule has 0 saturated carbocycles. The summed E-state index contributed by atoms with van der Waals surface area (Å²) in [4.78, 5) is 17.7. The minimum Gasteiger partial charge on any atom is -0.484 e. The second-order valence-corrected chi connectivity index (χ2v) is 8.79. The number of nitrogens with zero attached hydrogens (tertiary/aromatic N) is 4. The molecular formula is C25H24F3N5O3. The second-order valence-electron chi connectivity index (χ2n) is 8.79. The average Bonchev–Trinajstić information content (AvgIpc) is 3.52. The molecule has 5 rings (SSSR count). The Morgan fingerprint density at radius 3 is 2.69 bits per heavy atom. The number of piperidine rings is 1. The van der Waals surface area contributed by atoms with Gasteiger partial charge in [-0.1, -0.05) is 12.1 Å². The number of rotatable bonds is 5. The highest BCUT2D eigenvalue weighted by molar-refractivity contribution is 6.00. The lowest BCUT2D eigenvalue weighted by Gasteiger charge is -2.31. The summed E-state index contributed by atoms with van der Waals surface area (Å²) in [6.07, 6.45) is 2.55. The van der Waals surface area contributed by atoms with Crippen molar-refractivity contribution in [3.8, 4) is 28.2 Å². The third kappa shape index (κ3) is 4.86. The number of benzene rings is 1. The lowest BCUT2D eigenvalue weighted by Crippen LogP contribution is -2.37. The number of carbonyl (C=O) groups is 1. The van der Waals surface area contributed by atoms with Gasteiger partial charge in [0, 0.05) is 54.5 Å². The molecule has 4 heterocycles. The van der Waals surface area contributed by atoms with Gasteiger partial charge in [-0.3, -0.25) is 9.48 Å². The fourth-order valence-corrected chi connectivity index (χ4v) is 4.44. The van der Waals surface area contributed by atoms with Crippen LogP contribution in [0.2, 0.25) is 0 Å². The van der Waals surface area contributed by atoms with Gasteiger partial charge in [0.1, 0.15) is 11.5 Å². The number of pyridine rings is 1. The molecule has 0 atom stereocenters. The molecule has 8 nitrogen and oxygen atoms in total. The molecule has 0 unspecified atom stereocenters. The molecule has 2 N–H and O–H groups in total. The molecule has 1 fully saturated rings. The van der Waals surface area contributed by atoms with Crippen LogP contribution < -0.4 is 10.5 Å². The van der Waals surface area contributed by atoms with E-state index in [0.29, 0.717) is 35.4 Å². The van der Waals surface area contributed by atoms with Crippen LogP contribution in [0, 0.1) is 0 Å². The molecule has 1 saturated heterocycles. The van der Waals surface area contributed by atoms with Crippen LogP contribution in [0.1, 0.15) is 25.8 Å². The van der Waals surface area contributed by atoms with Crippen molar-refractivity contribution in [3.63, 3.8) is 0 Å². The molecule has 11 heteroatoms. The Labute approximate surface area is 204 Å². The Morgan fingerprint density at radius 1 is 1.19 bits per heavy atom. The van der Waals surface area contributed by atoms with E-state index in [0.717, 1.165) is 24.0 Å². The highest BCUT2D eigenvalue weighted by Gasteiger charge is 2.28. The van der Waals surface area contributed by atoms with E-state index in [-0.39, 0.29) is 23.5 Å². The van der Waals surface area contributed by atoms with E-state index in [2.05, 4.69) is 10.1 Å². The van der Waals surface area contributed by atoms with Crippen LogP contribution in [-0.4, -0.2) is 51.4 Å². The first kappa shape index (κ1) is 23.7. The Morgan fingerprint density at radius 2 is 1.97 bits per heavy atom. The maximum Gasteiger partial charge on any atom is 0.422 e. The van der Waals surface area contributed by atoms with Crippen molar-refractivity contribution in [2.75, 3.05) is 25.4 Å². The number of nitrogen functional groups attached to an aromatic ring is 1. The molecule has 1 aliphatic heterocycles. The molecule has 0 bridgehead atoms. The van der Waals surface area contributed by atoms with E-state index >= 15 is 0 Å². The summed E-state index contributed by atoms with van der Waals surface area (Å²) in [5.41, 5.74) is 8.60. The first-order chi connectivity index (χ1) is 17.2. The Bertz CT molecular complexity index is 1400. The summed E-state index contributed by atoms with van der Waals surface area (Å²) >= 11 is 0. The highest BCUT2D eigenvalue weighted by atomic mass is 19.4. The number of halogens is 3. The molecular weight excluding hydrogens is 475 g/mol.